The summed E-state index contributed by atoms with van der Waals surface area (Å²) in [5, 5.41) is 12.6. The number of benzene rings is 2. The Hall–Kier alpha value is -3.79. The molecule has 0 unspecified atom stereocenters. The van der Waals surface area contributed by atoms with E-state index in [0.29, 0.717) is 39.3 Å². The first kappa shape index (κ1) is 22.4. The largest absolute Gasteiger partial charge is 0.493 e. The van der Waals surface area contributed by atoms with Crippen molar-refractivity contribution in [2.24, 2.45) is 7.05 Å². The molecule has 170 valence electrons. The summed E-state index contributed by atoms with van der Waals surface area (Å²) in [5.74, 6) is 1.18. The molecule has 1 N–H and O–H groups in total. The molecule has 1 amide bonds. The molecule has 0 aliphatic heterocycles. The van der Waals surface area contributed by atoms with E-state index >= 15 is 0 Å². The number of methoxy groups -OCH3 is 1. The monoisotopic (exact) mass is 466 g/mol. The number of nitrogens with one attached hydrogen (secondary N) is 1. The van der Waals surface area contributed by atoms with Crippen LogP contribution in [0.5, 0.6) is 5.75 Å². The summed E-state index contributed by atoms with van der Waals surface area (Å²) in [6.45, 7) is 2.02. The quantitative estimate of drug-likeness (QED) is 0.305. The first-order chi connectivity index (χ1) is 16.0. The van der Waals surface area contributed by atoms with Crippen molar-refractivity contribution in [3.8, 4) is 17.3 Å². The van der Waals surface area contributed by atoms with Gasteiger partial charge in [0.1, 0.15) is 0 Å². The molecule has 2 heterocycles. The average Bonchev–Trinajstić information content (AvgIpc) is 3.41. The van der Waals surface area contributed by atoms with Gasteiger partial charge in [-0.3, -0.25) is 4.79 Å². The highest BCUT2D eigenvalue weighted by molar-refractivity contribution is 7.99. The van der Waals surface area contributed by atoms with Crippen LogP contribution < -0.4 is 10.1 Å². The number of esters is 1. The Morgan fingerprint density at radius 3 is 2.76 bits per heavy atom. The molecule has 2 aromatic carbocycles. The van der Waals surface area contributed by atoms with Crippen molar-refractivity contribution in [3.63, 3.8) is 0 Å². The van der Waals surface area contributed by atoms with Crippen molar-refractivity contribution in [2.45, 2.75) is 12.1 Å². The first-order valence-electron chi connectivity index (χ1n) is 10.2. The van der Waals surface area contributed by atoms with Gasteiger partial charge < -0.3 is 23.8 Å². The summed E-state index contributed by atoms with van der Waals surface area (Å²) in [4.78, 5) is 24.3. The lowest BCUT2D eigenvalue weighted by Crippen LogP contribution is -2.15. The van der Waals surface area contributed by atoms with Crippen LogP contribution in [-0.2, 0) is 16.6 Å². The van der Waals surface area contributed by atoms with Crippen LogP contribution in [-0.4, -0.2) is 46.1 Å². The number of para-hydroxylation sites is 1. The van der Waals surface area contributed by atoms with Crippen LogP contribution in [0, 0.1) is 0 Å². The van der Waals surface area contributed by atoms with E-state index < -0.39 is 5.97 Å². The highest BCUT2D eigenvalue weighted by atomic mass is 32.2. The SMILES string of the molecule is CCOC(=O)c1cccc(NC(=O)CSc2nnc(-c3cc4cccc(OC)c4o3)n2C)c1. The number of hydrogen-bond acceptors (Lipinski definition) is 8. The van der Waals surface area contributed by atoms with Gasteiger partial charge in [-0.25, -0.2) is 4.79 Å². The van der Waals surface area contributed by atoms with E-state index in [4.69, 9.17) is 13.9 Å². The summed E-state index contributed by atoms with van der Waals surface area (Å²) >= 11 is 1.24. The van der Waals surface area contributed by atoms with Gasteiger partial charge >= 0.3 is 5.97 Å². The third-order valence-electron chi connectivity index (χ3n) is 4.77. The Kier molecular flexibility index (Phi) is 6.64. The average molecular weight is 467 g/mol. The predicted octanol–water partition coefficient (Wildman–Crippen LogP) is 4.14. The van der Waals surface area contributed by atoms with Gasteiger partial charge in [0.25, 0.3) is 0 Å². The fourth-order valence-corrected chi connectivity index (χ4v) is 3.94. The Morgan fingerprint density at radius 1 is 1.15 bits per heavy atom. The molecular formula is C23H22N4O5S. The maximum absolute atomic E-state index is 12.4. The fraction of sp³-hybridized carbons (Fsp3) is 0.217. The van der Waals surface area contributed by atoms with Gasteiger partial charge in [-0.2, -0.15) is 0 Å². The first-order valence-corrected chi connectivity index (χ1v) is 11.1. The van der Waals surface area contributed by atoms with Crippen molar-refractivity contribution in [3.05, 3.63) is 54.1 Å². The zero-order chi connectivity index (χ0) is 23.4. The highest BCUT2D eigenvalue weighted by Crippen LogP contribution is 2.33. The second-order valence-electron chi connectivity index (χ2n) is 6.99. The van der Waals surface area contributed by atoms with E-state index in [1.165, 1.54) is 11.8 Å². The Morgan fingerprint density at radius 2 is 1.97 bits per heavy atom. The van der Waals surface area contributed by atoms with Crippen molar-refractivity contribution >= 4 is 40.3 Å². The lowest BCUT2D eigenvalue weighted by molar-refractivity contribution is -0.113. The van der Waals surface area contributed by atoms with Crippen molar-refractivity contribution in [1.82, 2.24) is 14.8 Å². The summed E-state index contributed by atoms with van der Waals surface area (Å²) in [6, 6.07) is 14.1. The molecule has 0 saturated heterocycles. The number of aromatic nitrogens is 3. The van der Waals surface area contributed by atoms with Crippen LogP contribution in [0.3, 0.4) is 0 Å². The summed E-state index contributed by atoms with van der Waals surface area (Å²) in [7, 11) is 3.40. The Balaban J connectivity index is 1.43. The number of carbonyl (C=O) groups excluding carboxylic acids is 2. The highest BCUT2D eigenvalue weighted by Gasteiger charge is 2.18. The number of furan rings is 1. The molecule has 0 radical (unpaired) electrons. The molecule has 0 fully saturated rings. The van der Waals surface area contributed by atoms with Crippen LogP contribution in [0.1, 0.15) is 17.3 Å². The van der Waals surface area contributed by atoms with Crippen molar-refractivity contribution in [1.29, 1.82) is 0 Å². The molecule has 0 atom stereocenters. The summed E-state index contributed by atoms with van der Waals surface area (Å²) < 4.78 is 18.1. The van der Waals surface area contributed by atoms with Crippen LogP contribution in [0.15, 0.2) is 58.1 Å². The molecule has 0 saturated carbocycles. The number of amides is 1. The minimum atomic E-state index is -0.433. The van der Waals surface area contributed by atoms with Gasteiger partial charge in [0.2, 0.25) is 5.91 Å². The standard InChI is InChI=1S/C23H22N4O5S/c1-4-31-22(29)15-8-5-9-16(11-15)24-19(28)13-33-23-26-25-21(27(23)2)18-12-14-7-6-10-17(30-3)20(14)32-18/h5-12H,4,13H2,1-3H3,(H,24,28). The lowest BCUT2D eigenvalue weighted by atomic mass is 10.2. The summed E-state index contributed by atoms with van der Waals surface area (Å²) in [5.41, 5.74) is 1.53. The Labute approximate surface area is 194 Å². The number of fused-ring (bicyclic) bond motifs is 1. The van der Waals surface area contributed by atoms with Crippen molar-refractivity contribution in [2.75, 3.05) is 24.8 Å². The lowest BCUT2D eigenvalue weighted by Gasteiger charge is -2.07. The molecule has 2 aromatic heterocycles. The topological polar surface area (TPSA) is 108 Å². The molecule has 0 aliphatic carbocycles. The number of nitrogens with zero attached hydrogens (tertiary/aromatic N) is 3. The van der Waals surface area contributed by atoms with Gasteiger partial charge in [-0.1, -0.05) is 30.0 Å². The molecule has 33 heavy (non-hydrogen) atoms. The van der Waals surface area contributed by atoms with Crippen molar-refractivity contribution < 1.29 is 23.5 Å². The van der Waals surface area contributed by atoms with Gasteiger partial charge in [0.05, 0.1) is 25.0 Å². The minimum Gasteiger partial charge on any atom is -0.493 e. The molecule has 0 bridgehead atoms. The second-order valence-corrected chi connectivity index (χ2v) is 7.94. The van der Waals surface area contributed by atoms with E-state index in [-0.39, 0.29) is 18.3 Å². The van der Waals surface area contributed by atoms with Crippen LogP contribution >= 0.6 is 11.8 Å². The van der Waals surface area contributed by atoms with E-state index in [1.54, 1.807) is 42.9 Å². The van der Waals surface area contributed by atoms with E-state index in [9.17, 15) is 9.59 Å². The summed E-state index contributed by atoms with van der Waals surface area (Å²) in [6.07, 6.45) is 0. The van der Waals surface area contributed by atoms with Gasteiger partial charge in [0, 0.05) is 18.1 Å². The van der Waals surface area contributed by atoms with E-state index in [1.807, 2.05) is 31.3 Å². The number of anilines is 1. The maximum atomic E-state index is 12.4. The molecule has 10 heteroatoms. The molecule has 4 aromatic rings. The molecule has 4 rings (SSSR count). The predicted molar refractivity (Wildman–Crippen MR) is 125 cm³/mol. The number of hydrogen-bond donors (Lipinski definition) is 1. The second kappa shape index (κ2) is 9.78. The molecule has 9 nitrogen and oxygen atoms in total. The number of thioether (sulfide) groups is 1. The van der Waals surface area contributed by atoms with E-state index in [2.05, 4.69) is 15.5 Å². The van der Waals surface area contributed by atoms with Gasteiger partial charge in [-0.15, -0.1) is 10.2 Å². The van der Waals surface area contributed by atoms with Crippen LogP contribution in [0.2, 0.25) is 0 Å². The molecule has 0 spiro atoms. The fourth-order valence-electron chi connectivity index (χ4n) is 3.23. The Bertz CT molecular complexity index is 1310. The van der Waals surface area contributed by atoms with Gasteiger partial charge in [0.15, 0.2) is 28.1 Å². The molecule has 0 aliphatic rings. The third-order valence-corrected chi connectivity index (χ3v) is 5.79. The van der Waals surface area contributed by atoms with Gasteiger partial charge in [-0.05, 0) is 37.3 Å². The number of rotatable bonds is 8. The third kappa shape index (κ3) is 4.85. The molecular weight excluding hydrogens is 444 g/mol. The minimum absolute atomic E-state index is 0.115. The smallest absolute Gasteiger partial charge is 0.338 e. The van der Waals surface area contributed by atoms with Crippen LogP contribution in [0.25, 0.3) is 22.6 Å². The normalized spacial score (nSPS) is 10.9. The number of carbonyl (C=O) groups is 2. The number of ether oxygens (including phenoxy) is 2. The maximum Gasteiger partial charge on any atom is 0.338 e. The zero-order valence-electron chi connectivity index (χ0n) is 18.3. The van der Waals surface area contributed by atoms with Crippen LogP contribution in [0.4, 0.5) is 5.69 Å². The zero-order valence-corrected chi connectivity index (χ0v) is 19.1. The van der Waals surface area contributed by atoms with E-state index in [0.717, 1.165) is 5.39 Å².